The molecule has 1 N–H and O–H groups in total. The highest BCUT2D eigenvalue weighted by Gasteiger charge is 2.58. The fourth-order valence-corrected chi connectivity index (χ4v) is 8.18. The van der Waals surface area contributed by atoms with Crippen molar-refractivity contribution in [1.29, 1.82) is 0 Å². The lowest BCUT2D eigenvalue weighted by molar-refractivity contribution is -0.0540. The van der Waals surface area contributed by atoms with Crippen molar-refractivity contribution in [2.45, 2.75) is 98.5 Å². The second-order valence-electron chi connectivity index (χ2n) is 11.5. The van der Waals surface area contributed by atoms with Crippen molar-refractivity contribution in [2.24, 2.45) is 46.3 Å². The van der Waals surface area contributed by atoms with Gasteiger partial charge in [0.25, 0.3) is 0 Å². The zero-order chi connectivity index (χ0) is 20.1. The van der Waals surface area contributed by atoms with E-state index < -0.39 is 0 Å². The third kappa shape index (κ3) is 3.24. The molecule has 3 saturated carbocycles. The van der Waals surface area contributed by atoms with Crippen LogP contribution in [0.3, 0.4) is 0 Å². The molecule has 0 aliphatic heterocycles. The molecule has 28 heavy (non-hydrogen) atoms. The molecule has 0 aromatic carbocycles. The lowest BCUT2D eigenvalue weighted by Crippen LogP contribution is -2.50. The van der Waals surface area contributed by atoms with Crippen molar-refractivity contribution in [1.82, 2.24) is 0 Å². The van der Waals surface area contributed by atoms with Crippen molar-refractivity contribution in [3.05, 3.63) is 23.8 Å². The Morgan fingerprint density at radius 3 is 2.61 bits per heavy atom. The number of allylic oxidation sites excluding steroid dienone is 3. The number of hydrogen-bond acceptors (Lipinski definition) is 1. The summed E-state index contributed by atoms with van der Waals surface area (Å²) in [6, 6.07) is 0. The normalized spacial score (nSPS) is 47.8. The Morgan fingerprint density at radius 1 is 1.07 bits per heavy atom. The second-order valence-corrected chi connectivity index (χ2v) is 11.5. The summed E-state index contributed by atoms with van der Waals surface area (Å²) in [6.07, 6.45) is 19.0. The molecule has 9 atom stereocenters. The first kappa shape index (κ1) is 20.7. The van der Waals surface area contributed by atoms with Crippen molar-refractivity contribution >= 4 is 0 Å². The van der Waals surface area contributed by atoms with Gasteiger partial charge in [-0.1, -0.05) is 64.8 Å². The third-order valence-electron chi connectivity index (χ3n) is 10.2. The molecule has 1 heteroatoms. The third-order valence-corrected chi connectivity index (χ3v) is 10.2. The molecule has 3 fully saturated rings. The maximum atomic E-state index is 10.2. The van der Waals surface area contributed by atoms with Crippen molar-refractivity contribution < 1.29 is 5.11 Å². The Morgan fingerprint density at radius 2 is 1.86 bits per heavy atom. The summed E-state index contributed by atoms with van der Waals surface area (Å²) in [5, 5.41) is 10.2. The van der Waals surface area contributed by atoms with Crippen LogP contribution in [0, 0.1) is 46.3 Å². The van der Waals surface area contributed by atoms with E-state index in [1.807, 2.05) is 0 Å². The molecule has 0 saturated heterocycles. The van der Waals surface area contributed by atoms with E-state index in [0.717, 1.165) is 42.4 Å². The molecule has 0 aromatic heterocycles. The number of aliphatic hydroxyl groups is 1. The zero-order valence-electron chi connectivity index (χ0n) is 19.1. The molecule has 158 valence electrons. The van der Waals surface area contributed by atoms with Crippen LogP contribution in [0.1, 0.15) is 92.4 Å². The van der Waals surface area contributed by atoms with Gasteiger partial charge in [-0.2, -0.15) is 0 Å². The molecule has 0 amide bonds. The Kier molecular flexibility index (Phi) is 5.62. The van der Waals surface area contributed by atoms with E-state index in [9.17, 15) is 5.11 Å². The Balaban J connectivity index is 1.54. The van der Waals surface area contributed by atoms with E-state index in [2.05, 4.69) is 52.8 Å². The first-order valence-electron chi connectivity index (χ1n) is 12.4. The van der Waals surface area contributed by atoms with E-state index in [0.29, 0.717) is 16.7 Å². The molecule has 1 nitrogen and oxygen atoms in total. The van der Waals surface area contributed by atoms with Gasteiger partial charge >= 0.3 is 0 Å². The molecule has 0 spiro atoms. The van der Waals surface area contributed by atoms with E-state index in [4.69, 9.17) is 0 Å². The second kappa shape index (κ2) is 7.60. The van der Waals surface area contributed by atoms with E-state index in [1.165, 1.54) is 44.9 Å². The maximum absolute atomic E-state index is 10.2. The molecule has 0 aromatic rings. The van der Waals surface area contributed by atoms with Gasteiger partial charge in [-0.15, -0.1) is 0 Å². The minimum absolute atomic E-state index is 0.0845. The van der Waals surface area contributed by atoms with Gasteiger partial charge in [0.05, 0.1) is 6.10 Å². The predicted octanol–water partition coefficient (Wildman–Crippen LogP) is 7.16. The van der Waals surface area contributed by atoms with Crippen LogP contribution in [0.25, 0.3) is 0 Å². The SMILES string of the molecule is CC[C@@H](C)/C=C\[C@@H](C)[C@H]1CC[C@H]2[C@@H]3CC=C4C[C@@H](O)CC[C@]4(C)[C@H]3CC[C@]12C. The maximum Gasteiger partial charge on any atom is 0.0577 e. The molecule has 0 heterocycles. The highest BCUT2D eigenvalue weighted by Crippen LogP contribution is 2.67. The average Bonchev–Trinajstić information content (AvgIpc) is 3.03. The van der Waals surface area contributed by atoms with Crippen LogP contribution in [0.4, 0.5) is 0 Å². The first-order valence-corrected chi connectivity index (χ1v) is 12.4. The summed E-state index contributed by atoms with van der Waals surface area (Å²) in [7, 11) is 0. The van der Waals surface area contributed by atoms with E-state index >= 15 is 0 Å². The van der Waals surface area contributed by atoms with Gasteiger partial charge in [0.1, 0.15) is 0 Å². The van der Waals surface area contributed by atoms with Crippen LogP contribution in [-0.4, -0.2) is 11.2 Å². The van der Waals surface area contributed by atoms with Crippen LogP contribution in [0.15, 0.2) is 23.8 Å². The largest absolute Gasteiger partial charge is 0.393 e. The smallest absolute Gasteiger partial charge is 0.0577 e. The number of fused-ring (bicyclic) bond motifs is 5. The summed E-state index contributed by atoms with van der Waals surface area (Å²) < 4.78 is 0. The molecular weight excluding hydrogens is 340 g/mol. The number of rotatable bonds is 4. The predicted molar refractivity (Wildman–Crippen MR) is 119 cm³/mol. The first-order chi connectivity index (χ1) is 13.3. The number of aliphatic hydroxyl groups excluding tert-OH is 1. The topological polar surface area (TPSA) is 20.2 Å². The van der Waals surface area contributed by atoms with Crippen molar-refractivity contribution in [2.75, 3.05) is 0 Å². The summed E-state index contributed by atoms with van der Waals surface area (Å²) >= 11 is 0. The Labute approximate surface area is 174 Å². The highest BCUT2D eigenvalue weighted by atomic mass is 16.3. The van der Waals surface area contributed by atoms with Gasteiger partial charge in [-0.25, -0.2) is 0 Å². The molecule has 4 rings (SSSR count). The summed E-state index contributed by atoms with van der Waals surface area (Å²) in [6.45, 7) is 12.3. The van der Waals surface area contributed by atoms with Crippen LogP contribution >= 0.6 is 0 Å². The lowest BCUT2D eigenvalue weighted by atomic mass is 9.47. The monoisotopic (exact) mass is 384 g/mol. The quantitative estimate of drug-likeness (QED) is 0.510. The van der Waals surface area contributed by atoms with Gasteiger partial charge in [0.15, 0.2) is 0 Å². The standard InChI is InChI=1S/C27H44O/c1-6-18(2)7-8-19(3)23-11-12-24-22-10-9-20-17-21(28)13-15-26(20,4)25(22)14-16-27(23,24)5/h7-9,18-19,21-25,28H,6,10-17H2,1-5H3/b8-7-/t18-,19-,21+,22+,23-,24+,25+,26+,27-/m1/s1. The van der Waals surface area contributed by atoms with Gasteiger partial charge in [0, 0.05) is 0 Å². The van der Waals surface area contributed by atoms with Crippen LogP contribution in [0.2, 0.25) is 0 Å². The van der Waals surface area contributed by atoms with Gasteiger partial charge in [0.2, 0.25) is 0 Å². The summed E-state index contributed by atoms with van der Waals surface area (Å²) in [5.41, 5.74) is 2.52. The van der Waals surface area contributed by atoms with Gasteiger partial charge < -0.3 is 5.11 Å². The van der Waals surface area contributed by atoms with Gasteiger partial charge in [-0.05, 0) is 97.7 Å². The van der Waals surface area contributed by atoms with E-state index in [-0.39, 0.29) is 6.10 Å². The van der Waals surface area contributed by atoms with Crippen LogP contribution < -0.4 is 0 Å². The molecule has 4 aliphatic rings. The number of hydrogen-bond donors (Lipinski definition) is 1. The Hall–Kier alpha value is -0.560. The zero-order valence-corrected chi connectivity index (χ0v) is 19.1. The summed E-state index contributed by atoms with van der Waals surface area (Å²) in [4.78, 5) is 0. The average molecular weight is 385 g/mol. The van der Waals surface area contributed by atoms with Crippen LogP contribution in [-0.2, 0) is 0 Å². The molecule has 0 radical (unpaired) electrons. The Bertz CT molecular complexity index is 632. The molecule has 0 bridgehead atoms. The molecule has 0 unspecified atom stereocenters. The highest BCUT2D eigenvalue weighted by molar-refractivity contribution is 5.25. The minimum atomic E-state index is -0.0845. The van der Waals surface area contributed by atoms with Crippen molar-refractivity contribution in [3.63, 3.8) is 0 Å². The van der Waals surface area contributed by atoms with Gasteiger partial charge in [-0.3, -0.25) is 0 Å². The fourth-order valence-electron chi connectivity index (χ4n) is 8.18. The van der Waals surface area contributed by atoms with Crippen molar-refractivity contribution in [3.8, 4) is 0 Å². The van der Waals surface area contributed by atoms with E-state index in [1.54, 1.807) is 5.57 Å². The minimum Gasteiger partial charge on any atom is -0.393 e. The lowest BCUT2D eigenvalue weighted by Gasteiger charge is -2.58. The van der Waals surface area contributed by atoms with Crippen LogP contribution in [0.5, 0.6) is 0 Å². The fraction of sp³-hybridized carbons (Fsp3) is 0.852. The summed E-state index contributed by atoms with van der Waals surface area (Å²) in [5.74, 6) is 4.96. The molecular formula is C27H44O. The molecule has 4 aliphatic carbocycles.